The summed E-state index contributed by atoms with van der Waals surface area (Å²) < 4.78 is 0. The van der Waals surface area contributed by atoms with Gasteiger partial charge in [-0.05, 0) is 37.6 Å². The van der Waals surface area contributed by atoms with Crippen LogP contribution in [0.3, 0.4) is 0 Å². The normalized spacial score (nSPS) is 21.0. The molecule has 0 saturated heterocycles. The van der Waals surface area contributed by atoms with Crippen LogP contribution in [0.5, 0.6) is 0 Å². The molecule has 0 spiro atoms. The quantitative estimate of drug-likeness (QED) is 0.732. The van der Waals surface area contributed by atoms with Crippen molar-refractivity contribution in [2.75, 3.05) is 0 Å². The predicted molar refractivity (Wildman–Crippen MR) is 87.2 cm³/mol. The molecule has 2 aromatic rings. The van der Waals surface area contributed by atoms with E-state index in [0.29, 0.717) is 16.5 Å². The molecule has 1 aliphatic heterocycles. The number of halogens is 2. The lowest BCUT2D eigenvalue weighted by Gasteiger charge is -2.22. The van der Waals surface area contributed by atoms with Crippen molar-refractivity contribution in [3.05, 3.63) is 69.2 Å². The molecule has 0 fully saturated rings. The zero-order valence-electron chi connectivity index (χ0n) is 11.9. The first-order chi connectivity index (χ1) is 9.96. The van der Waals surface area contributed by atoms with Gasteiger partial charge in [-0.3, -0.25) is 0 Å². The van der Waals surface area contributed by atoms with Gasteiger partial charge in [-0.1, -0.05) is 58.2 Å². The number of hydrogen-bond donors (Lipinski definition) is 0. The SMILES string of the molecule is Cc1ccc(C2=NOC(C)(c3cc(Cl)cc(Cl)c3)C2)cc1. The molecule has 0 aliphatic carbocycles. The van der Waals surface area contributed by atoms with Gasteiger partial charge in [0.15, 0.2) is 5.60 Å². The van der Waals surface area contributed by atoms with Crippen molar-refractivity contribution in [1.82, 2.24) is 0 Å². The average Bonchev–Trinajstić information content (AvgIpc) is 2.83. The highest BCUT2D eigenvalue weighted by molar-refractivity contribution is 6.34. The van der Waals surface area contributed by atoms with Gasteiger partial charge in [0.1, 0.15) is 0 Å². The van der Waals surface area contributed by atoms with Crippen LogP contribution in [-0.4, -0.2) is 5.71 Å². The summed E-state index contributed by atoms with van der Waals surface area (Å²) in [5.41, 5.74) is 3.65. The van der Waals surface area contributed by atoms with Crippen LogP contribution in [0.1, 0.15) is 30.0 Å². The van der Waals surface area contributed by atoms with E-state index in [1.807, 2.05) is 19.1 Å². The van der Waals surface area contributed by atoms with Gasteiger partial charge in [-0.15, -0.1) is 0 Å². The maximum Gasteiger partial charge on any atom is 0.165 e. The smallest absolute Gasteiger partial charge is 0.165 e. The molecule has 1 atom stereocenters. The zero-order valence-corrected chi connectivity index (χ0v) is 13.4. The molecule has 4 heteroatoms. The Balaban J connectivity index is 1.88. The average molecular weight is 320 g/mol. The molecule has 0 aromatic heterocycles. The minimum absolute atomic E-state index is 0.533. The van der Waals surface area contributed by atoms with Crippen molar-refractivity contribution >= 4 is 28.9 Å². The van der Waals surface area contributed by atoms with E-state index in [0.717, 1.165) is 16.8 Å². The highest BCUT2D eigenvalue weighted by Gasteiger charge is 2.37. The van der Waals surface area contributed by atoms with Crippen molar-refractivity contribution in [2.24, 2.45) is 5.16 Å². The van der Waals surface area contributed by atoms with Gasteiger partial charge in [0.25, 0.3) is 0 Å². The van der Waals surface area contributed by atoms with Crippen molar-refractivity contribution in [2.45, 2.75) is 25.9 Å². The third-order valence-electron chi connectivity index (χ3n) is 3.72. The predicted octanol–water partition coefficient (Wildman–Crippen LogP) is 5.34. The molecule has 1 aliphatic rings. The molecule has 2 nitrogen and oxygen atoms in total. The van der Waals surface area contributed by atoms with Crippen molar-refractivity contribution in [3.63, 3.8) is 0 Å². The van der Waals surface area contributed by atoms with E-state index in [2.05, 4.69) is 36.3 Å². The number of benzene rings is 2. The second-order valence-corrected chi connectivity index (χ2v) is 6.43. The molecule has 0 amide bonds. The van der Waals surface area contributed by atoms with Gasteiger partial charge in [-0.2, -0.15) is 0 Å². The van der Waals surface area contributed by atoms with Crippen molar-refractivity contribution < 1.29 is 4.84 Å². The Bertz CT molecular complexity index is 689. The number of aryl methyl sites for hydroxylation is 1. The molecule has 3 rings (SSSR count). The van der Waals surface area contributed by atoms with Crippen LogP contribution < -0.4 is 0 Å². The van der Waals surface area contributed by atoms with Crippen molar-refractivity contribution in [1.29, 1.82) is 0 Å². The van der Waals surface area contributed by atoms with Gasteiger partial charge in [-0.25, -0.2) is 0 Å². The Kier molecular flexibility index (Phi) is 3.68. The third-order valence-corrected chi connectivity index (χ3v) is 4.16. The summed E-state index contributed by atoms with van der Waals surface area (Å²) in [4.78, 5) is 5.70. The van der Waals surface area contributed by atoms with E-state index in [1.54, 1.807) is 6.07 Å². The molecule has 1 unspecified atom stereocenters. The zero-order chi connectivity index (χ0) is 15.0. The van der Waals surface area contributed by atoms with Crippen LogP contribution in [-0.2, 0) is 10.4 Å². The first kappa shape index (κ1) is 14.4. The molecule has 108 valence electrons. The van der Waals surface area contributed by atoms with Gasteiger partial charge in [0.2, 0.25) is 0 Å². The van der Waals surface area contributed by atoms with Crippen LogP contribution in [0.2, 0.25) is 10.0 Å². The molecule has 21 heavy (non-hydrogen) atoms. The van der Waals surface area contributed by atoms with Gasteiger partial charge in [0, 0.05) is 22.0 Å². The summed E-state index contributed by atoms with van der Waals surface area (Å²) >= 11 is 12.2. The Morgan fingerprint density at radius 3 is 2.29 bits per heavy atom. The van der Waals surface area contributed by atoms with E-state index < -0.39 is 5.60 Å². The minimum Gasteiger partial charge on any atom is -0.384 e. The Morgan fingerprint density at radius 1 is 1.05 bits per heavy atom. The standard InChI is InChI=1S/C17H15Cl2NO/c1-11-3-5-12(6-4-11)16-10-17(2,21-20-16)13-7-14(18)9-15(19)8-13/h3-9H,10H2,1-2H3. The van der Waals surface area contributed by atoms with Crippen LogP contribution in [0.25, 0.3) is 0 Å². The molecule has 2 aromatic carbocycles. The molecule has 0 saturated carbocycles. The fourth-order valence-corrected chi connectivity index (χ4v) is 2.98. The van der Waals surface area contributed by atoms with Gasteiger partial charge < -0.3 is 4.84 Å². The molecule has 1 heterocycles. The summed E-state index contributed by atoms with van der Waals surface area (Å²) in [7, 11) is 0. The highest BCUT2D eigenvalue weighted by Crippen LogP contribution is 2.38. The molecule has 0 bridgehead atoms. The lowest BCUT2D eigenvalue weighted by molar-refractivity contribution is -0.00737. The van der Waals surface area contributed by atoms with Crippen LogP contribution in [0, 0.1) is 6.92 Å². The summed E-state index contributed by atoms with van der Waals surface area (Å²) in [6, 6.07) is 13.7. The number of oxime groups is 1. The molecule has 0 radical (unpaired) electrons. The Hall–Kier alpha value is -1.51. The Labute approximate surface area is 134 Å². The molecular formula is C17H15Cl2NO. The minimum atomic E-state index is -0.533. The maximum absolute atomic E-state index is 6.08. The van der Waals surface area contributed by atoms with E-state index in [4.69, 9.17) is 28.0 Å². The molecule has 0 N–H and O–H groups in total. The van der Waals surface area contributed by atoms with Crippen LogP contribution in [0.15, 0.2) is 47.6 Å². The van der Waals surface area contributed by atoms with Gasteiger partial charge >= 0.3 is 0 Å². The first-order valence-electron chi connectivity index (χ1n) is 6.75. The Morgan fingerprint density at radius 2 is 1.67 bits per heavy atom. The molecular weight excluding hydrogens is 305 g/mol. The van der Waals surface area contributed by atoms with E-state index in [-0.39, 0.29) is 0 Å². The fourth-order valence-electron chi connectivity index (χ4n) is 2.45. The summed E-state index contributed by atoms with van der Waals surface area (Å²) in [6.45, 7) is 4.06. The van der Waals surface area contributed by atoms with Crippen molar-refractivity contribution in [3.8, 4) is 0 Å². The largest absolute Gasteiger partial charge is 0.384 e. The number of hydrogen-bond acceptors (Lipinski definition) is 2. The number of nitrogens with zero attached hydrogens (tertiary/aromatic N) is 1. The van der Waals surface area contributed by atoms with E-state index in [9.17, 15) is 0 Å². The van der Waals surface area contributed by atoms with Crippen LogP contribution >= 0.6 is 23.2 Å². The van der Waals surface area contributed by atoms with Crippen LogP contribution in [0.4, 0.5) is 0 Å². The summed E-state index contributed by atoms with van der Waals surface area (Å²) in [6.07, 6.45) is 0.687. The summed E-state index contributed by atoms with van der Waals surface area (Å²) in [5.74, 6) is 0. The third kappa shape index (κ3) is 2.92. The number of rotatable bonds is 2. The lowest BCUT2D eigenvalue weighted by atomic mass is 9.89. The summed E-state index contributed by atoms with van der Waals surface area (Å²) in [5, 5.41) is 5.46. The second-order valence-electron chi connectivity index (χ2n) is 5.56. The lowest BCUT2D eigenvalue weighted by Crippen LogP contribution is -2.22. The van der Waals surface area contributed by atoms with E-state index >= 15 is 0 Å². The highest BCUT2D eigenvalue weighted by atomic mass is 35.5. The van der Waals surface area contributed by atoms with Gasteiger partial charge in [0.05, 0.1) is 5.71 Å². The monoisotopic (exact) mass is 319 g/mol. The second kappa shape index (κ2) is 5.36. The topological polar surface area (TPSA) is 21.6 Å². The fraction of sp³-hybridized carbons (Fsp3) is 0.235. The maximum atomic E-state index is 6.08. The van der Waals surface area contributed by atoms with E-state index in [1.165, 1.54) is 5.56 Å². The first-order valence-corrected chi connectivity index (χ1v) is 7.50.